The second-order valence-corrected chi connectivity index (χ2v) is 8.05. The third-order valence-corrected chi connectivity index (χ3v) is 4.75. The maximum atomic E-state index is 11.5. The van der Waals surface area contributed by atoms with Crippen LogP contribution in [0.15, 0.2) is 18.2 Å². The van der Waals surface area contributed by atoms with Gasteiger partial charge in [-0.3, -0.25) is 9.59 Å². The molecular weight excluding hydrogens is 342 g/mol. The predicted octanol–water partition coefficient (Wildman–Crippen LogP) is 2.00. The van der Waals surface area contributed by atoms with Gasteiger partial charge in [0.25, 0.3) is 6.47 Å². The van der Waals surface area contributed by atoms with Crippen molar-refractivity contribution in [3.63, 3.8) is 0 Å². The highest BCUT2D eigenvalue weighted by atomic mass is 16.5. The molecule has 0 aromatic heterocycles. The first kappa shape index (κ1) is 21.4. The molecule has 0 unspecified atom stereocenters. The minimum absolute atomic E-state index is 0.150. The molecule has 1 fully saturated rings. The monoisotopic (exact) mass is 375 g/mol. The number of fused-ring (bicyclic) bond motifs is 1. The number of nitrogens with one attached hydrogen (secondary N) is 1. The summed E-state index contributed by atoms with van der Waals surface area (Å²) >= 11 is 0. The highest BCUT2D eigenvalue weighted by molar-refractivity contribution is 5.93. The second kappa shape index (κ2) is 9.85. The van der Waals surface area contributed by atoms with Gasteiger partial charge < -0.3 is 19.9 Å². The Hall–Kier alpha value is -1.92. The van der Waals surface area contributed by atoms with Crippen LogP contribution in [0.2, 0.25) is 0 Å². The highest BCUT2D eigenvalue weighted by Gasteiger charge is 2.22. The van der Waals surface area contributed by atoms with Crippen LogP contribution in [0.3, 0.4) is 0 Å². The van der Waals surface area contributed by atoms with Crippen molar-refractivity contribution in [1.29, 1.82) is 0 Å². The molecule has 1 amide bonds. The maximum Gasteiger partial charge on any atom is 0.293 e. The predicted molar refractivity (Wildman–Crippen MR) is 108 cm³/mol. The number of ether oxygens (including phenoxy) is 1. The van der Waals surface area contributed by atoms with E-state index in [1.54, 1.807) is 6.92 Å². The Morgan fingerprint density at radius 1 is 1.22 bits per heavy atom. The van der Waals surface area contributed by atoms with E-state index in [4.69, 9.17) is 0 Å². The Labute approximate surface area is 162 Å². The third-order valence-electron chi connectivity index (χ3n) is 4.75. The number of nitrogens with zero attached hydrogens (tertiary/aromatic N) is 2. The van der Waals surface area contributed by atoms with Crippen LogP contribution in [0.25, 0.3) is 0 Å². The summed E-state index contributed by atoms with van der Waals surface area (Å²) in [6.45, 7) is 14.1. The topological polar surface area (TPSA) is 61.9 Å². The molecule has 27 heavy (non-hydrogen) atoms. The van der Waals surface area contributed by atoms with Crippen LogP contribution in [0.1, 0.15) is 38.8 Å². The Bertz CT molecular complexity index is 634. The summed E-state index contributed by atoms with van der Waals surface area (Å²) in [5.41, 5.74) is 3.52. The summed E-state index contributed by atoms with van der Waals surface area (Å²) in [6.07, 6.45) is 2.10. The average Bonchev–Trinajstić information content (AvgIpc) is 3.04. The van der Waals surface area contributed by atoms with E-state index in [-0.39, 0.29) is 11.5 Å². The molecule has 0 bridgehead atoms. The lowest BCUT2D eigenvalue weighted by molar-refractivity contribution is -0.138. The lowest BCUT2D eigenvalue weighted by Crippen LogP contribution is -2.44. The molecule has 1 aromatic rings. The summed E-state index contributed by atoms with van der Waals surface area (Å²) < 4.78 is 4.55. The molecule has 2 aliphatic rings. The van der Waals surface area contributed by atoms with E-state index in [9.17, 15) is 9.59 Å². The van der Waals surface area contributed by atoms with E-state index in [1.165, 1.54) is 11.1 Å². The number of amides is 1. The van der Waals surface area contributed by atoms with Gasteiger partial charge in [-0.15, -0.1) is 0 Å². The van der Waals surface area contributed by atoms with Crippen LogP contribution in [-0.2, 0) is 27.2 Å². The molecule has 0 aliphatic carbocycles. The first-order chi connectivity index (χ1) is 12.8. The van der Waals surface area contributed by atoms with Crippen molar-refractivity contribution in [1.82, 2.24) is 10.2 Å². The van der Waals surface area contributed by atoms with E-state index >= 15 is 0 Å². The Morgan fingerprint density at radius 2 is 1.93 bits per heavy atom. The van der Waals surface area contributed by atoms with Crippen molar-refractivity contribution in [2.45, 2.75) is 46.1 Å². The summed E-state index contributed by atoms with van der Waals surface area (Å²) in [6, 6.07) is 6.60. The SMILES string of the molecule is CC(=O)N1CCc2cc(CCN3CCNCC3)ccc21.CC(C)(C)OC=O. The second-order valence-electron chi connectivity index (χ2n) is 8.05. The fourth-order valence-electron chi connectivity index (χ4n) is 3.30. The summed E-state index contributed by atoms with van der Waals surface area (Å²) in [5.74, 6) is 0.150. The van der Waals surface area contributed by atoms with Crippen LogP contribution < -0.4 is 10.2 Å². The van der Waals surface area contributed by atoms with Gasteiger partial charge in [-0.1, -0.05) is 12.1 Å². The zero-order valence-electron chi connectivity index (χ0n) is 17.1. The molecule has 1 saturated heterocycles. The standard InChI is InChI=1S/C16H23N3O.C5H10O2/c1-13(20)19-9-5-15-12-14(2-3-16(15)19)4-8-18-10-6-17-7-11-18;1-5(2,3)7-4-6/h2-3,12,17H,4-11H2,1H3;4H,1-3H3. The number of carbonyl (C=O) groups excluding carboxylic acids is 2. The molecule has 0 radical (unpaired) electrons. The first-order valence-electron chi connectivity index (χ1n) is 9.74. The van der Waals surface area contributed by atoms with Crippen LogP contribution in [0.5, 0.6) is 0 Å². The summed E-state index contributed by atoms with van der Waals surface area (Å²) in [5, 5.41) is 3.38. The maximum absolute atomic E-state index is 11.5. The molecule has 2 heterocycles. The number of carbonyl (C=O) groups is 2. The molecule has 150 valence electrons. The van der Waals surface area contributed by atoms with Gasteiger partial charge in [0.05, 0.1) is 0 Å². The molecule has 6 nitrogen and oxygen atoms in total. The van der Waals surface area contributed by atoms with Gasteiger partial charge in [0.15, 0.2) is 0 Å². The van der Waals surface area contributed by atoms with Crippen LogP contribution >= 0.6 is 0 Å². The molecule has 0 atom stereocenters. The van der Waals surface area contributed by atoms with Crippen LogP contribution in [0.4, 0.5) is 5.69 Å². The van der Waals surface area contributed by atoms with E-state index < -0.39 is 0 Å². The number of anilines is 1. The highest BCUT2D eigenvalue weighted by Crippen LogP contribution is 2.29. The van der Waals surface area contributed by atoms with E-state index in [0.29, 0.717) is 6.47 Å². The van der Waals surface area contributed by atoms with E-state index in [0.717, 1.165) is 57.8 Å². The molecule has 1 aromatic carbocycles. The van der Waals surface area contributed by atoms with Crippen molar-refractivity contribution >= 4 is 18.1 Å². The molecular formula is C21H33N3O3. The van der Waals surface area contributed by atoms with Crippen molar-refractivity contribution < 1.29 is 14.3 Å². The number of piperazine rings is 1. The fourth-order valence-corrected chi connectivity index (χ4v) is 3.30. The van der Waals surface area contributed by atoms with Crippen LogP contribution in [-0.4, -0.2) is 62.1 Å². The Morgan fingerprint density at radius 3 is 2.48 bits per heavy atom. The van der Waals surface area contributed by atoms with Crippen molar-refractivity contribution in [2.75, 3.05) is 44.2 Å². The zero-order valence-corrected chi connectivity index (χ0v) is 17.1. The molecule has 3 rings (SSSR count). The Balaban J connectivity index is 0.000000321. The smallest absolute Gasteiger partial charge is 0.293 e. The summed E-state index contributed by atoms with van der Waals surface area (Å²) in [4.78, 5) is 25.5. The minimum atomic E-state index is -0.318. The third kappa shape index (κ3) is 6.96. The molecule has 2 aliphatic heterocycles. The largest absolute Gasteiger partial charge is 0.462 e. The average molecular weight is 376 g/mol. The van der Waals surface area contributed by atoms with Gasteiger partial charge in [-0.25, -0.2) is 0 Å². The Kier molecular flexibility index (Phi) is 7.80. The number of hydrogen-bond acceptors (Lipinski definition) is 5. The van der Waals surface area contributed by atoms with Gasteiger partial charge in [-0.05, 0) is 50.8 Å². The lowest BCUT2D eigenvalue weighted by Gasteiger charge is -2.27. The number of rotatable bonds is 4. The van der Waals surface area contributed by atoms with Crippen molar-refractivity contribution in [3.8, 4) is 0 Å². The van der Waals surface area contributed by atoms with Gasteiger partial charge in [0, 0.05) is 51.9 Å². The quantitative estimate of drug-likeness (QED) is 0.816. The number of hydrogen-bond donors (Lipinski definition) is 1. The van der Waals surface area contributed by atoms with Crippen molar-refractivity contribution in [3.05, 3.63) is 29.3 Å². The van der Waals surface area contributed by atoms with Crippen LogP contribution in [0, 0.1) is 0 Å². The molecule has 0 saturated carbocycles. The van der Waals surface area contributed by atoms with E-state index in [2.05, 4.69) is 33.2 Å². The normalized spacial score (nSPS) is 17.0. The molecule has 1 N–H and O–H groups in total. The zero-order chi connectivity index (χ0) is 19.9. The molecule has 6 heteroatoms. The summed E-state index contributed by atoms with van der Waals surface area (Å²) in [7, 11) is 0. The van der Waals surface area contributed by atoms with Gasteiger partial charge in [0.1, 0.15) is 5.60 Å². The van der Waals surface area contributed by atoms with Gasteiger partial charge in [0.2, 0.25) is 5.91 Å². The first-order valence-corrected chi connectivity index (χ1v) is 9.74. The fraction of sp³-hybridized carbons (Fsp3) is 0.619. The molecule has 0 spiro atoms. The lowest BCUT2D eigenvalue weighted by atomic mass is 10.1. The van der Waals surface area contributed by atoms with E-state index in [1.807, 2.05) is 25.7 Å². The number of benzene rings is 1. The van der Waals surface area contributed by atoms with Crippen molar-refractivity contribution in [2.24, 2.45) is 0 Å². The minimum Gasteiger partial charge on any atom is -0.462 e. The van der Waals surface area contributed by atoms with Gasteiger partial charge in [-0.2, -0.15) is 0 Å². The van der Waals surface area contributed by atoms with Gasteiger partial charge >= 0.3 is 0 Å².